The zero-order chi connectivity index (χ0) is 17.7. The quantitative estimate of drug-likeness (QED) is 0.843. The third-order valence-corrected chi connectivity index (χ3v) is 5.21. The average Bonchev–Trinajstić information content (AvgIpc) is 2.63. The van der Waals surface area contributed by atoms with E-state index in [2.05, 4.69) is 14.6 Å². The van der Waals surface area contributed by atoms with Crippen LogP contribution in [0.15, 0.2) is 42.6 Å². The summed E-state index contributed by atoms with van der Waals surface area (Å²) in [6.07, 6.45) is 1.67. The SMILES string of the molecule is O=S(=O)(Cc1ccc(F)cc1)NCc1ccc(N2CCOCC2)nc1. The number of aromatic nitrogens is 1. The summed E-state index contributed by atoms with van der Waals surface area (Å²) >= 11 is 0. The lowest BCUT2D eigenvalue weighted by atomic mass is 10.2. The van der Waals surface area contributed by atoms with Gasteiger partial charge in [-0.1, -0.05) is 18.2 Å². The minimum Gasteiger partial charge on any atom is -0.378 e. The Labute approximate surface area is 146 Å². The Morgan fingerprint density at radius 2 is 1.76 bits per heavy atom. The fourth-order valence-corrected chi connectivity index (χ4v) is 3.67. The lowest BCUT2D eigenvalue weighted by Crippen LogP contribution is -2.36. The van der Waals surface area contributed by atoms with Gasteiger partial charge in [-0.25, -0.2) is 22.5 Å². The maximum absolute atomic E-state index is 12.9. The number of ether oxygens (including phenoxy) is 1. The van der Waals surface area contributed by atoms with Gasteiger partial charge in [-0.2, -0.15) is 0 Å². The Morgan fingerprint density at radius 1 is 1.08 bits per heavy atom. The number of pyridine rings is 1. The van der Waals surface area contributed by atoms with Gasteiger partial charge in [0, 0.05) is 25.8 Å². The van der Waals surface area contributed by atoms with Crippen molar-refractivity contribution in [2.75, 3.05) is 31.2 Å². The molecule has 1 fully saturated rings. The summed E-state index contributed by atoms with van der Waals surface area (Å²) in [5, 5.41) is 0. The number of nitrogens with zero attached hydrogens (tertiary/aromatic N) is 2. The van der Waals surface area contributed by atoms with Crippen LogP contribution in [0.25, 0.3) is 0 Å². The highest BCUT2D eigenvalue weighted by Crippen LogP contribution is 2.13. The minimum absolute atomic E-state index is 0.167. The molecule has 0 bridgehead atoms. The van der Waals surface area contributed by atoms with E-state index in [4.69, 9.17) is 4.74 Å². The van der Waals surface area contributed by atoms with Crippen LogP contribution in [0, 0.1) is 5.82 Å². The van der Waals surface area contributed by atoms with E-state index in [-0.39, 0.29) is 18.1 Å². The molecule has 2 aromatic rings. The Balaban J connectivity index is 1.55. The van der Waals surface area contributed by atoms with Crippen LogP contribution in [0.4, 0.5) is 10.2 Å². The molecular weight excluding hydrogens is 345 g/mol. The van der Waals surface area contributed by atoms with Gasteiger partial charge in [0.2, 0.25) is 10.0 Å². The molecule has 3 rings (SSSR count). The maximum Gasteiger partial charge on any atom is 0.216 e. The van der Waals surface area contributed by atoms with Crippen LogP contribution < -0.4 is 9.62 Å². The zero-order valence-electron chi connectivity index (χ0n) is 13.7. The topological polar surface area (TPSA) is 71.5 Å². The second-order valence-electron chi connectivity index (χ2n) is 5.83. The molecule has 1 aliphatic heterocycles. The van der Waals surface area contributed by atoms with Crippen molar-refractivity contribution in [2.45, 2.75) is 12.3 Å². The second kappa shape index (κ2) is 7.90. The molecule has 1 aromatic carbocycles. The molecule has 0 saturated carbocycles. The Kier molecular flexibility index (Phi) is 5.62. The van der Waals surface area contributed by atoms with Crippen LogP contribution in [0.3, 0.4) is 0 Å². The van der Waals surface area contributed by atoms with Gasteiger partial charge >= 0.3 is 0 Å². The van der Waals surface area contributed by atoms with Crippen molar-refractivity contribution in [1.82, 2.24) is 9.71 Å². The second-order valence-corrected chi connectivity index (χ2v) is 7.64. The monoisotopic (exact) mass is 365 g/mol. The largest absolute Gasteiger partial charge is 0.378 e. The van der Waals surface area contributed by atoms with Gasteiger partial charge < -0.3 is 9.64 Å². The van der Waals surface area contributed by atoms with E-state index < -0.39 is 10.0 Å². The van der Waals surface area contributed by atoms with Crippen LogP contribution in [0.2, 0.25) is 0 Å². The van der Waals surface area contributed by atoms with Crippen LogP contribution >= 0.6 is 0 Å². The normalized spacial score (nSPS) is 15.3. The van der Waals surface area contributed by atoms with Gasteiger partial charge in [-0.3, -0.25) is 0 Å². The molecule has 0 unspecified atom stereocenters. The molecule has 1 aromatic heterocycles. The number of nitrogens with one attached hydrogen (secondary N) is 1. The van der Waals surface area contributed by atoms with E-state index in [1.54, 1.807) is 6.20 Å². The van der Waals surface area contributed by atoms with E-state index in [0.717, 1.165) is 24.5 Å². The van der Waals surface area contributed by atoms with Crippen molar-refractivity contribution in [3.63, 3.8) is 0 Å². The predicted octanol–water partition coefficient (Wildman–Crippen LogP) is 1.68. The lowest BCUT2D eigenvalue weighted by molar-refractivity contribution is 0.122. The molecule has 134 valence electrons. The molecule has 1 saturated heterocycles. The summed E-state index contributed by atoms with van der Waals surface area (Å²) in [7, 11) is -3.50. The third kappa shape index (κ3) is 5.22. The molecule has 0 atom stereocenters. The number of morpholine rings is 1. The number of anilines is 1. The summed E-state index contributed by atoms with van der Waals surface area (Å²) in [6, 6.07) is 9.17. The Morgan fingerprint density at radius 3 is 2.40 bits per heavy atom. The summed E-state index contributed by atoms with van der Waals surface area (Å²) in [4.78, 5) is 6.52. The van der Waals surface area contributed by atoms with Crippen LogP contribution in [0.5, 0.6) is 0 Å². The van der Waals surface area contributed by atoms with Crippen molar-refractivity contribution in [3.8, 4) is 0 Å². The van der Waals surface area contributed by atoms with Crippen molar-refractivity contribution in [1.29, 1.82) is 0 Å². The van der Waals surface area contributed by atoms with Gasteiger partial charge in [-0.15, -0.1) is 0 Å². The van der Waals surface area contributed by atoms with Gasteiger partial charge in [0.15, 0.2) is 0 Å². The molecule has 0 amide bonds. The van der Waals surface area contributed by atoms with E-state index >= 15 is 0 Å². The van der Waals surface area contributed by atoms with Crippen LogP contribution in [-0.2, 0) is 27.1 Å². The highest BCUT2D eigenvalue weighted by atomic mass is 32.2. The maximum atomic E-state index is 12.9. The molecule has 25 heavy (non-hydrogen) atoms. The zero-order valence-corrected chi connectivity index (χ0v) is 14.5. The lowest BCUT2D eigenvalue weighted by Gasteiger charge is -2.27. The fourth-order valence-electron chi connectivity index (χ4n) is 2.55. The van der Waals surface area contributed by atoms with Gasteiger partial charge in [0.05, 0.1) is 19.0 Å². The fraction of sp³-hybridized carbons (Fsp3) is 0.353. The first-order chi connectivity index (χ1) is 12.0. The van der Waals surface area contributed by atoms with Crippen LogP contribution in [-0.4, -0.2) is 39.7 Å². The standard InChI is InChI=1S/C17H20FN3O3S/c18-16-4-1-14(2-5-16)13-25(22,23)20-12-15-3-6-17(19-11-15)21-7-9-24-10-8-21/h1-6,11,20H,7-10,12-13H2. The third-order valence-electron chi connectivity index (χ3n) is 3.91. The highest BCUT2D eigenvalue weighted by molar-refractivity contribution is 7.88. The summed E-state index contributed by atoms with van der Waals surface area (Å²) in [5.41, 5.74) is 1.31. The van der Waals surface area contributed by atoms with Crippen molar-refractivity contribution >= 4 is 15.8 Å². The molecule has 0 aliphatic carbocycles. The van der Waals surface area contributed by atoms with Crippen molar-refractivity contribution in [2.24, 2.45) is 0 Å². The van der Waals surface area contributed by atoms with Gasteiger partial charge in [-0.05, 0) is 29.3 Å². The van der Waals surface area contributed by atoms with Gasteiger partial charge in [0.25, 0.3) is 0 Å². The molecule has 1 N–H and O–H groups in total. The molecule has 0 radical (unpaired) electrons. The summed E-state index contributed by atoms with van der Waals surface area (Å²) < 4.78 is 45.0. The number of benzene rings is 1. The molecule has 1 aliphatic rings. The Hall–Kier alpha value is -2.03. The number of hydrogen-bond acceptors (Lipinski definition) is 5. The first-order valence-corrected chi connectivity index (χ1v) is 9.66. The van der Waals surface area contributed by atoms with Gasteiger partial charge in [0.1, 0.15) is 11.6 Å². The first-order valence-electron chi connectivity index (χ1n) is 8.01. The molecule has 2 heterocycles. The molecule has 8 heteroatoms. The summed E-state index contributed by atoms with van der Waals surface area (Å²) in [5.74, 6) is 0.286. The highest BCUT2D eigenvalue weighted by Gasteiger charge is 2.14. The molecule has 6 nitrogen and oxygen atoms in total. The number of hydrogen-bond donors (Lipinski definition) is 1. The number of rotatable bonds is 6. The minimum atomic E-state index is -3.50. The smallest absolute Gasteiger partial charge is 0.216 e. The van der Waals surface area contributed by atoms with E-state index in [1.807, 2.05) is 12.1 Å². The Bertz CT molecular complexity index is 789. The summed E-state index contributed by atoms with van der Waals surface area (Å²) in [6.45, 7) is 3.15. The van der Waals surface area contributed by atoms with E-state index in [1.165, 1.54) is 24.3 Å². The molecular formula is C17H20FN3O3S. The first kappa shape index (κ1) is 17.8. The average molecular weight is 365 g/mol. The predicted molar refractivity (Wildman–Crippen MR) is 93.1 cm³/mol. The van der Waals surface area contributed by atoms with E-state index in [0.29, 0.717) is 18.8 Å². The van der Waals surface area contributed by atoms with Crippen molar-refractivity contribution < 1.29 is 17.5 Å². The molecule has 0 spiro atoms. The number of sulfonamides is 1. The van der Waals surface area contributed by atoms with Crippen LogP contribution in [0.1, 0.15) is 11.1 Å². The van der Waals surface area contributed by atoms with E-state index in [9.17, 15) is 12.8 Å². The number of halogens is 1. The van der Waals surface area contributed by atoms with Crippen molar-refractivity contribution in [3.05, 3.63) is 59.5 Å².